The van der Waals surface area contributed by atoms with Gasteiger partial charge >= 0.3 is 0 Å². The van der Waals surface area contributed by atoms with Gasteiger partial charge in [-0.05, 0) is 30.2 Å². The number of benzene rings is 2. The molecule has 0 aliphatic carbocycles. The predicted octanol–water partition coefficient (Wildman–Crippen LogP) is 4.57. The van der Waals surface area contributed by atoms with Gasteiger partial charge in [-0.15, -0.1) is 0 Å². The first-order valence-corrected chi connectivity index (χ1v) is 7.22. The van der Waals surface area contributed by atoms with Gasteiger partial charge in [-0.25, -0.2) is 0 Å². The SMILES string of the molecule is COc1cccc(NC(=O)CCc2cccc(Cl)c2Cl)c1. The molecule has 2 rings (SSSR count). The van der Waals surface area contributed by atoms with Crippen molar-refractivity contribution in [2.24, 2.45) is 0 Å². The Balaban J connectivity index is 1.94. The number of anilines is 1. The second-order valence-electron chi connectivity index (χ2n) is 4.49. The standard InChI is InChI=1S/C16H15Cl2NO2/c1-21-13-6-3-5-12(10-13)19-15(20)9-8-11-4-2-7-14(17)16(11)18/h2-7,10H,8-9H2,1H3,(H,19,20). The fourth-order valence-corrected chi connectivity index (χ4v) is 2.33. The van der Waals surface area contributed by atoms with E-state index in [1.807, 2.05) is 30.3 Å². The summed E-state index contributed by atoms with van der Waals surface area (Å²) in [5.41, 5.74) is 1.57. The van der Waals surface area contributed by atoms with E-state index in [0.717, 1.165) is 5.56 Å². The largest absolute Gasteiger partial charge is 0.497 e. The lowest BCUT2D eigenvalue weighted by Gasteiger charge is -2.08. The van der Waals surface area contributed by atoms with E-state index in [0.29, 0.717) is 34.3 Å². The maximum Gasteiger partial charge on any atom is 0.224 e. The van der Waals surface area contributed by atoms with Crippen LogP contribution in [-0.4, -0.2) is 13.0 Å². The second kappa shape index (κ2) is 7.34. The highest BCUT2D eigenvalue weighted by Crippen LogP contribution is 2.26. The van der Waals surface area contributed by atoms with Crippen LogP contribution in [0.1, 0.15) is 12.0 Å². The van der Waals surface area contributed by atoms with Crippen LogP contribution in [0, 0.1) is 0 Å². The molecule has 0 aromatic heterocycles. The van der Waals surface area contributed by atoms with E-state index < -0.39 is 0 Å². The van der Waals surface area contributed by atoms with Crippen molar-refractivity contribution in [3.63, 3.8) is 0 Å². The Kier molecular flexibility index (Phi) is 5.48. The van der Waals surface area contributed by atoms with Gasteiger partial charge in [0.2, 0.25) is 5.91 Å². The molecule has 0 spiro atoms. The molecule has 0 radical (unpaired) electrons. The molecule has 0 aliphatic rings. The van der Waals surface area contributed by atoms with Gasteiger partial charge in [-0.1, -0.05) is 41.4 Å². The van der Waals surface area contributed by atoms with Gasteiger partial charge in [0.25, 0.3) is 0 Å². The Bertz CT molecular complexity index is 644. The van der Waals surface area contributed by atoms with Crippen molar-refractivity contribution in [1.82, 2.24) is 0 Å². The molecule has 0 bridgehead atoms. The van der Waals surface area contributed by atoms with E-state index in [4.69, 9.17) is 27.9 Å². The molecule has 0 heterocycles. The number of ether oxygens (including phenoxy) is 1. The molecular formula is C16H15Cl2NO2. The fourth-order valence-electron chi connectivity index (χ4n) is 1.91. The van der Waals surface area contributed by atoms with Crippen molar-refractivity contribution in [1.29, 1.82) is 0 Å². The van der Waals surface area contributed by atoms with E-state index >= 15 is 0 Å². The van der Waals surface area contributed by atoms with E-state index in [1.165, 1.54) is 0 Å². The molecular weight excluding hydrogens is 309 g/mol. The summed E-state index contributed by atoms with van der Waals surface area (Å²) >= 11 is 12.0. The number of carbonyl (C=O) groups is 1. The Morgan fingerprint density at radius 1 is 1.19 bits per heavy atom. The number of nitrogens with one attached hydrogen (secondary N) is 1. The summed E-state index contributed by atoms with van der Waals surface area (Å²) < 4.78 is 5.11. The molecule has 0 unspecified atom stereocenters. The number of amides is 1. The molecule has 110 valence electrons. The van der Waals surface area contributed by atoms with Crippen molar-refractivity contribution >= 4 is 34.8 Å². The van der Waals surface area contributed by atoms with Crippen molar-refractivity contribution in [3.05, 3.63) is 58.1 Å². The van der Waals surface area contributed by atoms with Crippen LogP contribution in [0.4, 0.5) is 5.69 Å². The highest BCUT2D eigenvalue weighted by Gasteiger charge is 2.08. The molecule has 0 saturated carbocycles. The second-order valence-corrected chi connectivity index (χ2v) is 5.28. The summed E-state index contributed by atoms with van der Waals surface area (Å²) in [6, 6.07) is 12.6. The van der Waals surface area contributed by atoms with Gasteiger partial charge in [-0.2, -0.15) is 0 Å². The molecule has 3 nitrogen and oxygen atoms in total. The monoisotopic (exact) mass is 323 g/mol. The molecule has 21 heavy (non-hydrogen) atoms. The number of hydrogen-bond acceptors (Lipinski definition) is 2. The highest BCUT2D eigenvalue weighted by molar-refractivity contribution is 6.42. The average Bonchev–Trinajstić information content (AvgIpc) is 2.49. The van der Waals surface area contributed by atoms with Crippen LogP contribution in [0.5, 0.6) is 5.75 Å². The van der Waals surface area contributed by atoms with Gasteiger partial charge in [0, 0.05) is 18.2 Å². The molecule has 2 aromatic carbocycles. The van der Waals surface area contributed by atoms with Gasteiger partial charge in [-0.3, -0.25) is 4.79 Å². The Morgan fingerprint density at radius 2 is 1.95 bits per heavy atom. The summed E-state index contributed by atoms with van der Waals surface area (Å²) in [4.78, 5) is 12.0. The lowest BCUT2D eigenvalue weighted by atomic mass is 10.1. The van der Waals surface area contributed by atoms with Crippen LogP contribution >= 0.6 is 23.2 Å². The van der Waals surface area contributed by atoms with Crippen molar-refractivity contribution in [2.75, 3.05) is 12.4 Å². The molecule has 1 N–H and O–H groups in total. The predicted molar refractivity (Wildman–Crippen MR) is 86.4 cm³/mol. The zero-order chi connectivity index (χ0) is 15.2. The van der Waals surface area contributed by atoms with Gasteiger partial charge < -0.3 is 10.1 Å². The third-order valence-electron chi connectivity index (χ3n) is 3.01. The molecule has 1 amide bonds. The zero-order valence-corrected chi connectivity index (χ0v) is 13.0. The first kappa shape index (κ1) is 15.7. The molecule has 0 saturated heterocycles. The molecule has 2 aromatic rings. The van der Waals surface area contributed by atoms with E-state index in [2.05, 4.69) is 5.32 Å². The number of hydrogen-bond donors (Lipinski definition) is 1. The maximum absolute atomic E-state index is 12.0. The molecule has 0 atom stereocenters. The smallest absolute Gasteiger partial charge is 0.224 e. The number of halogens is 2. The topological polar surface area (TPSA) is 38.3 Å². The Hall–Kier alpha value is -1.71. The van der Waals surface area contributed by atoms with Crippen LogP contribution in [0.25, 0.3) is 0 Å². The molecule has 0 fully saturated rings. The van der Waals surface area contributed by atoms with Crippen LogP contribution in [0.2, 0.25) is 10.0 Å². The number of rotatable bonds is 5. The minimum absolute atomic E-state index is 0.0840. The number of aryl methyl sites for hydroxylation is 1. The van der Waals surface area contributed by atoms with Crippen molar-refractivity contribution in [2.45, 2.75) is 12.8 Å². The minimum atomic E-state index is -0.0840. The van der Waals surface area contributed by atoms with E-state index in [9.17, 15) is 4.79 Å². The average molecular weight is 324 g/mol. The Morgan fingerprint density at radius 3 is 2.71 bits per heavy atom. The normalized spacial score (nSPS) is 10.2. The summed E-state index contributed by atoms with van der Waals surface area (Å²) in [7, 11) is 1.59. The Labute approximate surface area is 133 Å². The summed E-state index contributed by atoms with van der Waals surface area (Å²) in [5.74, 6) is 0.616. The molecule has 5 heteroatoms. The summed E-state index contributed by atoms with van der Waals surface area (Å²) in [6.07, 6.45) is 0.868. The summed E-state index contributed by atoms with van der Waals surface area (Å²) in [5, 5.41) is 3.84. The van der Waals surface area contributed by atoms with E-state index in [-0.39, 0.29) is 5.91 Å². The van der Waals surface area contributed by atoms with Gasteiger partial charge in [0.05, 0.1) is 17.2 Å². The van der Waals surface area contributed by atoms with Crippen molar-refractivity contribution in [3.8, 4) is 5.75 Å². The quantitative estimate of drug-likeness (QED) is 0.875. The third-order valence-corrected chi connectivity index (χ3v) is 3.86. The van der Waals surface area contributed by atoms with Crippen LogP contribution < -0.4 is 10.1 Å². The van der Waals surface area contributed by atoms with Crippen LogP contribution in [-0.2, 0) is 11.2 Å². The lowest BCUT2D eigenvalue weighted by molar-refractivity contribution is -0.116. The zero-order valence-electron chi connectivity index (χ0n) is 11.5. The number of carbonyl (C=O) groups excluding carboxylic acids is 1. The maximum atomic E-state index is 12.0. The third kappa shape index (κ3) is 4.38. The minimum Gasteiger partial charge on any atom is -0.497 e. The number of methoxy groups -OCH3 is 1. The van der Waals surface area contributed by atoms with Gasteiger partial charge in [0.1, 0.15) is 5.75 Å². The highest BCUT2D eigenvalue weighted by atomic mass is 35.5. The first-order chi connectivity index (χ1) is 10.1. The molecule has 0 aliphatic heterocycles. The first-order valence-electron chi connectivity index (χ1n) is 6.47. The summed E-state index contributed by atoms with van der Waals surface area (Å²) in [6.45, 7) is 0. The van der Waals surface area contributed by atoms with Crippen LogP contribution in [0.3, 0.4) is 0 Å². The van der Waals surface area contributed by atoms with E-state index in [1.54, 1.807) is 19.2 Å². The van der Waals surface area contributed by atoms with Gasteiger partial charge in [0.15, 0.2) is 0 Å². The van der Waals surface area contributed by atoms with Crippen molar-refractivity contribution < 1.29 is 9.53 Å². The lowest BCUT2D eigenvalue weighted by Crippen LogP contribution is -2.12. The van der Waals surface area contributed by atoms with Crippen LogP contribution in [0.15, 0.2) is 42.5 Å². The fraction of sp³-hybridized carbons (Fsp3) is 0.188.